The average molecular weight is 253 g/mol. The zero-order valence-corrected chi connectivity index (χ0v) is 10.9. The van der Waals surface area contributed by atoms with Gasteiger partial charge in [-0.2, -0.15) is 16.9 Å². The van der Waals surface area contributed by atoms with Gasteiger partial charge >= 0.3 is 0 Å². The van der Waals surface area contributed by atoms with Crippen LogP contribution in [0.25, 0.3) is 0 Å². The standard InChI is InChI=1S/C11H15N3S2/c1-10-11(16-9-12-10)3-7-15-8-6-14-5-2-4-13-14/h2,4-5,9H,3,6-8H2,1H3. The molecule has 0 aliphatic heterocycles. The summed E-state index contributed by atoms with van der Waals surface area (Å²) in [5, 5.41) is 4.17. The minimum Gasteiger partial charge on any atom is -0.272 e. The van der Waals surface area contributed by atoms with E-state index < -0.39 is 0 Å². The lowest BCUT2D eigenvalue weighted by Gasteiger charge is -2.01. The van der Waals surface area contributed by atoms with Gasteiger partial charge in [0.25, 0.3) is 0 Å². The largest absolute Gasteiger partial charge is 0.272 e. The number of hydrogen-bond donors (Lipinski definition) is 0. The average Bonchev–Trinajstić information content (AvgIpc) is 2.90. The van der Waals surface area contributed by atoms with Crippen molar-refractivity contribution >= 4 is 23.1 Å². The van der Waals surface area contributed by atoms with Crippen molar-refractivity contribution in [1.82, 2.24) is 14.8 Å². The summed E-state index contributed by atoms with van der Waals surface area (Å²) in [5.74, 6) is 2.30. The molecule has 0 atom stereocenters. The molecule has 0 saturated carbocycles. The van der Waals surface area contributed by atoms with Crippen molar-refractivity contribution in [3.63, 3.8) is 0 Å². The first-order valence-corrected chi connectivity index (χ1v) is 7.34. The molecule has 5 heteroatoms. The molecule has 0 bridgehead atoms. The Kier molecular flexibility index (Phi) is 4.42. The van der Waals surface area contributed by atoms with Crippen molar-refractivity contribution in [2.45, 2.75) is 19.9 Å². The van der Waals surface area contributed by atoms with Crippen LogP contribution < -0.4 is 0 Å². The van der Waals surface area contributed by atoms with Gasteiger partial charge in [-0.1, -0.05) is 0 Å². The molecule has 2 aromatic heterocycles. The van der Waals surface area contributed by atoms with Crippen LogP contribution in [0.15, 0.2) is 24.0 Å². The molecule has 2 rings (SSSR count). The number of hydrogen-bond acceptors (Lipinski definition) is 4. The molecule has 0 amide bonds. The molecular weight excluding hydrogens is 238 g/mol. The van der Waals surface area contributed by atoms with Crippen LogP contribution in [0.4, 0.5) is 0 Å². The normalized spacial score (nSPS) is 10.8. The first-order valence-electron chi connectivity index (χ1n) is 5.30. The van der Waals surface area contributed by atoms with Gasteiger partial charge in [-0.15, -0.1) is 11.3 Å². The second-order valence-electron chi connectivity index (χ2n) is 3.49. The van der Waals surface area contributed by atoms with Crippen molar-refractivity contribution in [1.29, 1.82) is 0 Å². The predicted octanol–water partition coefficient (Wildman–Crippen LogP) is 2.62. The van der Waals surface area contributed by atoms with Crippen molar-refractivity contribution in [3.8, 4) is 0 Å². The van der Waals surface area contributed by atoms with Crippen molar-refractivity contribution in [3.05, 3.63) is 34.5 Å². The highest BCUT2D eigenvalue weighted by Crippen LogP contribution is 2.15. The lowest BCUT2D eigenvalue weighted by molar-refractivity contribution is 0.666. The maximum absolute atomic E-state index is 4.25. The molecule has 0 spiro atoms. The summed E-state index contributed by atoms with van der Waals surface area (Å²) in [5.41, 5.74) is 3.12. The van der Waals surface area contributed by atoms with Gasteiger partial charge in [0.05, 0.1) is 11.2 Å². The molecule has 2 heterocycles. The van der Waals surface area contributed by atoms with Crippen LogP contribution in [-0.2, 0) is 13.0 Å². The molecule has 0 saturated heterocycles. The lowest BCUT2D eigenvalue weighted by atomic mass is 10.3. The van der Waals surface area contributed by atoms with E-state index in [2.05, 4.69) is 17.0 Å². The second-order valence-corrected chi connectivity index (χ2v) is 5.66. The third-order valence-corrected chi connectivity index (χ3v) is 4.30. The fraction of sp³-hybridized carbons (Fsp3) is 0.455. The Labute approximate surface area is 104 Å². The highest BCUT2D eigenvalue weighted by atomic mass is 32.2. The quantitative estimate of drug-likeness (QED) is 0.741. The summed E-state index contributed by atoms with van der Waals surface area (Å²) in [6, 6.07) is 1.96. The first kappa shape index (κ1) is 11.7. The van der Waals surface area contributed by atoms with Gasteiger partial charge in [-0.25, -0.2) is 4.98 Å². The molecule has 0 unspecified atom stereocenters. The smallest absolute Gasteiger partial charge is 0.0797 e. The second kappa shape index (κ2) is 6.06. The van der Waals surface area contributed by atoms with Crippen LogP contribution in [0.5, 0.6) is 0 Å². The van der Waals surface area contributed by atoms with Gasteiger partial charge in [0.2, 0.25) is 0 Å². The summed E-state index contributed by atoms with van der Waals surface area (Å²) < 4.78 is 1.98. The van der Waals surface area contributed by atoms with E-state index in [4.69, 9.17) is 0 Å². The van der Waals surface area contributed by atoms with Crippen molar-refractivity contribution < 1.29 is 0 Å². The Morgan fingerprint density at radius 1 is 1.44 bits per heavy atom. The van der Waals surface area contributed by atoms with E-state index >= 15 is 0 Å². The van der Waals surface area contributed by atoms with Crippen molar-refractivity contribution in [2.24, 2.45) is 0 Å². The maximum atomic E-state index is 4.25. The minimum absolute atomic E-state index is 0.999. The van der Waals surface area contributed by atoms with E-state index in [1.54, 1.807) is 11.3 Å². The van der Waals surface area contributed by atoms with Gasteiger partial charge in [-0.05, 0) is 25.2 Å². The van der Waals surface area contributed by atoms with E-state index in [-0.39, 0.29) is 0 Å². The van der Waals surface area contributed by atoms with Gasteiger partial charge < -0.3 is 0 Å². The van der Waals surface area contributed by atoms with Crippen LogP contribution in [0.3, 0.4) is 0 Å². The van der Waals surface area contributed by atoms with Gasteiger partial charge in [0.1, 0.15) is 0 Å². The number of rotatable bonds is 6. The molecule has 0 aliphatic rings. The Hall–Kier alpha value is -0.810. The van der Waals surface area contributed by atoms with E-state index in [0.29, 0.717) is 0 Å². The summed E-state index contributed by atoms with van der Waals surface area (Å²) in [4.78, 5) is 5.67. The molecular formula is C11H15N3S2. The Bertz CT molecular complexity index is 409. The molecule has 86 valence electrons. The SMILES string of the molecule is Cc1ncsc1CCSCCn1cccn1. The molecule has 16 heavy (non-hydrogen) atoms. The van der Waals surface area contributed by atoms with Gasteiger partial charge in [-0.3, -0.25) is 4.68 Å². The number of thiazole rings is 1. The first-order chi connectivity index (χ1) is 7.86. The van der Waals surface area contributed by atoms with Crippen LogP contribution >= 0.6 is 23.1 Å². The van der Waals surface area contributed by atoms with Crippen molar-refractivity contribution in [2.75, 3.05) is 11.5 Å². The molecule has 0 radical (unpaired) electrons. The van der Waals surface area contributed by atoms with E-state index in [1.165, 1.54) is 16.3 Å². The number of aryl methyl sites for hydroxylation is 3. The third-order valence-electron chi connectivity index (χ3n) is 2.34. The summed E-state index contributed by atoms with van der Waals surface area (Å²) in [6.07, 6.45) is 4.97. The Balaban J connectivity index is 1.61. The van der Waals surface area contributed by atoms with Crippen LogP contribution in [0.1, 0.15) is 10.6 Å². The van der Waals surface area contributed by atoms with E-state index in [1.807, 2.05) is 40.4 Å². The fourth-order valence-corrected chi connectivity index (χ4v) is 3.20. The number of aromatic nitrogens is 3. The molecule has 0 aliphatic carbocycles. The fourth-order valence-electron chi connectivity index (χ4n) is 1.42. The summed E-state index contributed by atoms with van der Waals surface area (Å²) >= 11 is 3.74. The Morgan fingerprint density at radius 2 is 2.38 bits per heavy atom. The molecule has 0 fully saturated rings. The monoisotopic (exact) mass is 253 g/mol. The highest BCUT2D eigenvalue weighted by Gasteiger charge is 2.00. The number of thioether (sulfide) groups is 1. The highest BCUT2D eigenvalue weighted by molar-refractivity contribution is 7.99. The molecule has 2 aromatic rings. The zero-order valence-electron chi connectivity index (χ0n) is 9.30. The van der Waals surface area contributed by atoms with Gasteiger partial charge in [0, 0.05) is 29.6 Å². The number of nitrogens with zero attached hydrogens (tertiary/aromatic N) is 3. The maximum Gasteiger partial charge on any atom is 0.0797 e. The summed E-state index contributed by atoms with van der Waals surface area (Å²) in [6.45, 7) is 3.08. The predicted molar refractivity (Wildman–Crippen MR) is 70.1 cm³/mol. The molecule has 0 N–H and O–H groups in total. The van der Waals surface area contributed by atoms with Gasteiger partial charge in [0.15, 0.2) is 0 Å². The lowest BCUT2D eigenvalue weighted by Crippen LogP contribution is -2.01. The molecule has 3 nitrogen and oxygen atoms in total. The van der Waals surface area contributed by atoms with Crippen LogP contribution in [0.2, 0.25) is 0 Å². The summed E-state index contributed by atoms with van der Waals surface area (Å²) in [7, 11) is 0. The Morgan fingerprint density at radius 3 is 3.06 bits per heavy atom. The van der Waals surface area contributed by atoms with E-state index in [9.17, 15) is 0 Å². The van der Waals surface area contributed by atoms with E-state index in [0.717, 1.165) is 18.7 Å². The van der Waals surface area contributed by atoms with Crippen LogP contribution in [0, 0.1) is 6.92 Å². The zero-order chi connectivity index (χ0) is 11.2. The minimum atomic E-state index is 0.999. The topological polar surface area (TPSA) is 30.7 Å². The van der Waals surface area contributed by atoms with Crippen LogP contribution in [-0.4, -0.2) is 26.3 Å². The molecule has 0 aromatic carbocycles. The third kappa shape index (κ3) is 3.35.